The van der Waals surface area contributed by atoms with E-state index in [2.05, 4.69) is 46.7 Å². The van der Waals surface area contributed by atoms with Gasteiger partial charge >= 0.3 is 0 Å². The zero-order valence-electron chi connectivity index (χ0n) is 12.5. The number of hydrogen-bond donors (Lipinski definition) is 1. The summed E-state index contributed by atoms with van der Waals surface area (Å²) in [6.45, 7) is 4.18. The lowest BCUT2D eigenvalue weighted by Gasteiger charge is -2.15. The first-order valence-electron chi connectivity index (χ1n) is 6.98. The van der Waals surface area contributed by atoms with Gasteiger partial charge in [0.05, 0.1) is 18.1 Å². The first-order chi connectivity index (χ1) is 10.1. The van der Waals surface area contributed by atoms with E-state index in [0.29, 0.717) is 0 Å². The van der Waals surface area contributed by atoms with Crippen LogP contribution in [-0.4, -0.2) is 19.3 Å². The Balaban J connectivity index is 1.82. The summed E-state index contributed by atoms with van der Waals surface area (Å²) in [4.78, 5) is 4.08. The SMILES string of the molecule is Cc1nn(C)cc1C(C)Nc1cccc(-n2ccnc2)c1. The van der Waals surface area contributed by atoms with Gasteiger partial charge in [-0.2, -0.15) is 5.10 Å². The van der Waals surface area contributed by atoms with E-state index in [1.807, 2.05) is 35.5 Å². The molecule has 21 heavy (non-hydrogen) atoms. The summed E-state index contributed by atoms with van der Waals surface area (Å²) >= 11 is 0. The van der Waals surface area contributed by atoms with E-state index < -0.39 is 0 Å². The number of imidazole rings is 1. The highest BCUT2D eigenvalue weighted by Gasteiger charge is 2.11. The van der Waals surface area contributed by atoms with E-state index in [9.17, 15) is 0 Å². The van der Waals surface area contributed by atoms with Crippen LogP contribution >= 0.6 is 0 Å². The lowest BCUT2D eigenvalue weighted by molar-refractivity contribution is 0.756. The molecule has 0 aliphatic carbocycles. The molecule has 3 rings (SSSR count). The summed E-state index contributed by atoms with van der Waals surface area (Å²) in [5.74, 6) is 0. The average Bonchev–Trinajstić information content (AvgIpc) is 3.08. The largest absolute Gasteiger partial charge is 0.378 e. The van der Waals surface area contributed by atoms with Crippen LogP contribution in [-0.2, 0) is 7.05 Å². The van der Waals surface area contributed by atoms with Crippen molar-refractivity contribution in [3.8, 4) is 5.69 Å². The number of anilines is 1. The molecular formula is C16H19N5. The molecule has 0 aliphatic rings. The van der Waals surface area contributed by atoms with Crippen molar-refractivity contribution >= 4 is 5.69 Å². The number of aromatic nitrogens is 4. The molecule has 2 aromatic heterocycles. The van der Waals surface area contributed by atoms with Crippen molar-refractivity contribution in [1.29, 1.82) is 0 Å². The van der Waals surface area contributed by atoms with Crippen molar-refractivity contribution in [2.24, 2.45) is 7.05 Å². The van der Waals surface area contributed by atoms with Crippen LogP contribution in [0.15, 0.2) is 49.2 Å². The summed E-state index contributed by atoms with van der Waals surface area (Å²) in [6.07, 6.45) is 7.58. The normalized spacial score (nSPS) is 12.3. The summed E-state index contributed by atoms with van der Waals surface area (Å²) < 4.78 is 3.84. The van der Waals surface area contributed by atoms with Crippen molar-refractivity contribution < 1.29 is 0 Å². The maximum Gasteiger partial charge on any atom is 0.0991 e. The first-order valence-corrected chi connectivity index (χ1v) is 6.98. The Hall–Kier alpha value is -2.56. The predicted molar refractivity (Wildman–Crippen MR) is 83.5 cm³/mol. The van der Waals surface area contributed by atoms with Crippen LogP contribution in [0.1, 0.15) is 24.2 Å². The monoisotopic (exact) mass is 281 g/mol. The number of benzene rings is 1. The lowest BCUT2D eigenvalue weighted by atomic mass is 10.1. The fourth-order valence-electron chi connectivity index (χ4n) is 2.54. The molecule has 108 valence electrons. The Kier molecular flexibility index (Phi) is 3.48. The predicted octanol–water partition coefficient (Wildman–Crippen LogP) is 3.09. The minimum atomic E-state index is 0.205. The fourth-order valence-corrected chi connectivity index (χ4v) is 2.54. The second-order valence-electron chi connectivity index (χ2n) is 5.23. The van der Waals surface area contributed by atoms with E-state index in [4.69, 9.17) is 0 Å². The van der Waals surface area contributed by atoms with E-state index in [-0.39, 0.29) is 6.04 Å². The van der Waals surface area contributed by atoms with Crippen molar-refractivity contribution in [2.75, 3.05) is 5.32 Å². The van der Waals surface area contributed by atoms with Gasteiger partial charge in [0.2, 0.25) is 0 Å². The average molecular weight is 281 g/mol. The first kappa shape index (κ1) is 13.4. The Morgan fingerprint density at radius 1 is 1.29 bits per heavy atom. The highest BCUT2D eigenvalue weighted by Crippen LogP contribution is 2.22. The van der Waals surface area contributed by atoms with Gasteiger partial charge in [0.15, 0.2) is 0 Å². The highest BCUT2D eigenvalue weighted by molar-refractivity contribution is 5.52. The topological polar surface area (TPSA) is 47.7 Å². The fraction of sp³-hybridized carbons (Fsp3) is 0.250. The smallest absolute Gasteiger partial charge is 0.0991 e. The number of nitrogens with one attached hydrogen (secondary N) is 1. The lowest BCUT2D eigenvalue weighted by Crippen LogP contribution is -2.07. The Morgan fingerprint density at radius 3 is 2.81 bits per heavy atom. The summed E-state index contributed by atoms with van der Waals surface area (Å²) in [7, 11) is 1.95. The van der Waals surface area contributed by atoms with Gasteiger partial charge in [0.1, 0.15) is 0 Å². The third-order valence-corrected chi connectivity index (χ3v) is 3.55. The van der Waals surface area contributed by atoms with Crippen LogP contribution in [0.25, 0.3) is 5.69 Å². The Morgan fingerprint density at radius 2 is 2.14 bits per heavy atom. The quantitative estimate of drug-likeness (QED) is 0.799. The van der Waals surface area contributed by atoms with Gasteiger partial charge in [-0.25, -0.2) is 4.98 Å². The minimum Gasteiger partial charge on any atom is -0.378 e. The van der Waals surface area contributed by atoms with Crippen molar-refractivity contribution in [1.82, 2.24) is 19.3 Å². The van der Waals surface area contributed by atoms with Crippen LogP contribution in [0.2, 0.25) is 0 Å². The van der Waals surface area contributed by atoms with Crippen LogP contribution in [0, 0.1) is 6.92 Å². The number of nitrogens with zero attached hydrogens (tertiary/aromatic N) is 4. The van der Waals surface area contributed by atoms with E-state index >= 15 is 0 Å². The number of hydrogen-bond acceptors (Lipinski definition) is 3. The number of aryl methyl sites for hydroxylation is 2. The Labute approximate surface area is 124 Å². The third kappa shape index (κ3) is 2.81. The maximum atomic E-state index is 4.40. The van der Waals surface area contributed by atoms with Gasteiger partial charge in [0.25, 0.3) is 0 Å². The molecule has 5 heteroatoms. The molecule has 3 aromatic rings. The molecule has 1 atom stereocenters. The molecule has 0 radical (unpaired) electrons. The minimum absolute atomic E-state index is 0.205. The van der Waals surface area contributed by atoms with Crippen molar-refractivity contribution in [3.63, 3.8) is 0 Å². The molecule has 0 amide bonds. The van der Waals surface area contributed by atoms with E-state index in [1.54, 1.807) is 12.5 Å². The van der Waals surface area contributed by atoms with Crippen LogP contribution in [0.3, 0.4) is 0 Å². The van der Waals surface area contributed by atoms with Crippen LogP contribution in [0.4, 0.5) is 5.69 Å². The van der Waals surface area contributed by atoms with Crippen molar-refractivity contribution in [2.45, 2.75) is 19.9 Å². The second kappa shape index (κ2) is 5.44. The molecule has 2 heterocycles. The molecule has 0 aliphatic heterocycles. The second-order valence-corrected chi connectivity index (χ2v) is 5.23. The summed E-state index contributed by atoms with van der Waals surface area (Å²) in [5.41, 5.74) is 4.44. The molecule has 1 unspecified atom stereocenters. The molecule has 1 N–H and O–H groups in total. The molecule has 0 bridgehead atoms. The van der Waals surface area contributed by atoms with Crippen LogP contribution < -0.4 is 5.32 Å². The molecule has 5 nitrogen and oxygen atoms in total. The van der Waals surface area contributed by atoms with E-state index in [1.165, 1.54) is 5.56 Å². The molecule has 0 saturated carbocycles. The highest BCUT2D eigenvalue weighted by atomic mass is 15.3. The molecule has 0 saturated heterocycles. The molecule has 0 fully saturated rings. The van der Waals surface area contributed by atoms with Gasteiger partial charge in [-0.3, -0.25) is 4.68 Å². The maximum absolute atomic E-state index is 4.40. The van der Waals surface area contributed by atoms with Crippen LogP contribution in [0.5, 0.6) is 0 Å². The summed E-state index contributed by atoms with van der Waals surface area (Å²) in [5, 5.41) is 7.92. The van der Waals surface area contributed by atoms with Gasteiger partial charge in [0, 0.05) is 42.6 Å². The standard InChI is InChI=1S/C16H19N5/c1-12(16-10-20(3)19-13(16)2)18-14-5-4-6-15(9-14)21-8-7-17-11-21/h4-12,18H,1-3H3. The van der Waals surface area contributed by atoms with Gasteiger partial charge < -0.3 is 9.88 Å². The zero-order chi connectivity index (χ0) is 14.8. The Bertz CT molecular complexity index is 727. The number of rotatable bonds is 4. The molecule has 0 spiro atoms. The van der Waals surface area contributed by atoms with Gasteiger partial charge in [-0.15, -0.1) is 0 Å². The third-order valence-electron chi connectivity index (χ3n) is 3.55. The van der Waals surface area contributed by atoms with Crippen molar-refractivity contribution in [3.05, 3.63) is 60.4 Å². The summed E-state index contributed by atoms with van der Waals surface area (Å²) in [6, 6.07) is 8.50. The van der Waals surface area contributed by atoms with Gasteiger partial charge in [-0.1, -0.05) is 6.07 Å². The molecular weight excluding hydrogens is 262 g/mol. The molecule has 1 aromatic carbocycles. The van der Waals surface area contributed by atoms with Gasteiger partial charge in [-0.05, 0) is 32.0 Å². The van der Waals surface area contributed by atoms with E-state index in [0.717, 1.165) is 17.1 Å². The zero-order valence-corrected chi connectivity index (χ0v) is 12.5.